The molecule has 1 saturated carbocycles. The molecule has 3 rings (SSSR count). The highest BCUT2D eigenvalue weighted by molar-refractivity contribution is 5.82. The lowest BCUT2D eigenvalue weighted by atomic mass is 9.91. The third-order valence-corrected chi connectivity index (χ3v) is 4.29. The molecule has 0 amide bonds. The lowest BCUT2D eigenvalue weighted by Gasteiger charge is -2.20. The minimum atomic E-state index is 0.468. The zero-order valence-corrected chi connectivity index (χ0v) is 12.0. The van der Waals surface area contributed by atoms with Crippen molar-refractivity contribution in [2.75, 3.05) is 5.32 Å². The molecular formula is C17H22N2. The average molecular weight is 254 g/mol. The molecule has 1 aromatic heterocycles. The Balaban J connectivity index is 1.82. The van der Waals surface area contributed by atoms with Crippen LogP contribution in [0.2, 0.25) is 0 Å². The first-order valence-corrected chi connectivity index (χ1v) is 7.15. The molecule has 1 heterocycles. The molecule has 1 fully saturated rings. The standard InChI is InChI=1S/C17H22N2/c1-12-10-17(2,3)11-16(12)19-14-6-7-15-13(9-14)5-4-8-18-15/h4-9,12,16,19H,10-11H2,1-3H3. The van der Waals surface area contributed by atoms with Gasteiger partial charge in [0.1, 0.15) is 0 Å². The van der Waals surface area contributed by atoms with Crippen molar-refractivity contribution in [1.29, 1.82) is 0 Å². The SMILES string of the molecule is CC1CC(C)(C)CC1Nc1ccc2ncccc2c1. The van der Waals surface area contributed by atoms with Gasteiger partial charge in [0, 0.05) is 23.3 Å². The summed E-state index contributed by atoms with van der Waals surface area (Å²) >= 11 is 0. The van der Waals surface area contributed by atoms with Gasteiger partial charge in [-0.2, -0.15) is 0 Å². The molecule has 0 aliphatic heterocycles. The molecule has 0 saturated heterocycles. The third kappa shape index (κ3) is 2.58. The Bertz CT molecular complexity index is 589. The highest BCUT2D eigenvalue weighted by atomic mass is 14.9. The van der Waals surface area contributed by atoms with E-state index in [1.807, 2.05) is 12.3 Å². The van der Waals surface area contributed by atoms with E-state index >= 15 is 0 Å². The summed E-state index contributed by atoms with van der Waals surface area (Å²) in [7, 11) is 0. The third-order valence-electron chi connectivity index (χ3n) is 4.29. The second-order valence-corrected chi connectivity index (χ2v) is 6.71. The Morgan fingerprint density at radius 1 is 1.21 bits per heavy atom. The van der Waals surface area contributed by atoms with Crippen molar-refractivity contribution in [2.45, 2.75) is 39.7 Å². The maximum atomic E-state index is 4.36. The van der Waals surface area contributed by atoms with Crippen LogP contribution in [0.25, 0.3) is 10.9 Å². The van der Waals surface area contributed by atoms with Crippen LogP contribution in [0.15, 0.2) is 36.5 Å². The Kier molecular flexibility index (Phi) is 2.96. The molecule has 1 N–H and O–H groups in total. The van der Waals surface area contributed by atoms with E-state index in [2.05, 4.69) is 55.3 Å². The minimum absolute atomic E-state index is 0.468. The van der Waals surface area contributed by atoms with Crippen LogP contribution < -0.4 is 5.32 Å². The van der Waals surface area contributed by atoms with Crippen molar-refractivity contribution >= 4 is 16.6 Å². The fraction of sp³-hybridized carbons (Fsp3) is 0.471. The minimum Gasteiger partial charge on any atom is -0.382 e. The summed E-state index contributed by atoms with van der Waals surface area (Å²) in [6, 6.07) is 11.2. The van der Waals surface area contributed by atoms with E-state index in [1.54, 1.807) is 0 Å². The maximum Gasteiger partial charge on any atom is 0.0703 e. The number of aromatic nitrogens is 1. The van der Waals surface area contributed by atoms with E-state index in [-0.39, 0.29) is 0 Å². The second kappa shape index (κ2) is 4.52. The van der Waals surface area contributed by atoms with Gasteiger partial charge in [0.15, 0.2) is 0 Å². The number of nitrogens with one attached hydrogen (secondary N) is 1. The summed E-state index contributed by atoms with van der Waals surface area (Å²) in [4.78, 5) is 4.36. The Hall–Kier alpha value is -1.57. The van der Waals surface area contributed by atoms with E-state index in [4.69, 9.17) is 0 Å². The highest BCUT2D eigenvalue weighted by Gasteiger charge is 2.36. The van der Waals surface area contributed by atoms with Crippen LogP contribution in [0.4, 0.5) is 5.69 Å². The number of benzene rings is 1. The lowest BCUT2D eigenvalue weighted by Crippen LogP contribution is -2.22. The number of fused-ring (bicyclic) bond motifs is 1. The lowest BCUT2D eigenvalue weighted by molar-refractivity contribution is 0.366. The van der Waals surface area contributed by atoms with Gasteiger partial charge in [-0.1, -0.05) is 26.8 Å². The van der Waals surface area contributed by atoms with Gasteiger partial charge in [0.05, 0.1) is 5.52 Å². The quantitative estimate of drug-likeness (QED) is 0.855. The molecule has 2 atom stereocenters. The fourth-order valence-corrected chi connectivity index (χ4v) is 3.47. The molecular weight excluding hydrogens is 232 g/mol. The predicted octanol–water partition coefficient (Wildman–Crippen LogP) is 4.47. The van der Waals surface area contributed by atoms with Crippen molar-refractivity contribution in [3.05, 3.63) is 36.5 Å². The molecule has 19 heavy (non-hydrogen) atoms. The largest absolute Gasteiger partial charge is 0.382 e. The molecule has 1 aromatic carbocycles. The molecule has 0 spiro atoms. The van der Waals surface area contributed by atoms with Gasteiger partial charge >= 0.3 is 0 Å². The molecule has 100 valence electrons. The summed E-state index contributed by atoms with van der Waals surface area (Å²) in [6.45, 7) is 7.10. The Morgan fingerprint density at radius 2 is 2.05 bits per heavy atom. The first kappa shape index (κ1) is 12.5. The van der Waals surface area contributed by atoms with Crippen molar-refractivity contribution in [2.24, 2.45) is 11.3 Å². The van der Waals surface area contributed by atoms with E-state index in [1.165, 1.54) is 23.9 Å². The van der Waals surface area contributed by atoms with Crippen LogP contribution in [-0.2, 0) is 0 Å². The second-order valence-electron chi connectivity index (χ2n) is 6.71. The van der Waals surface area contributed by atoms with Crippen molar-refractivity contribution in [1.82, 2.24) is 4.98 Å². The van der Waals surface area contributed by atoms with Gasteiger partial charge in [-0.15, -0.1) is 0 Å². The first-order valence-electron chi connectivity index (χ1n) is 7.15. The van der Waals surface area contributed by atoms with Gasteiger partial charge in [-0.25, -0.2) is 0 Å². The summed E-state index contributed by atoms with van der Waals surface area (Å²) < 4.78 is 0. The zero-order valence-electron chi connectivity index (χ0n) is 12.0. The molecule has 1 aliphatic carbocycles. The summed E-state index contributed by atoms with van der Waals surface area (Å²) in [5.74, 6) is 0.736. The van der Waals surface area contributed by atoms with Crippen molar-refractivity contribution in [3.8, 4) is 0 Å². The number of rotatable bonds is 2. The van der Waals surface area contributed by atoms with Gasteiger partial charge in [-0.05, 0) is 48.4 Å². The van der Waals surface area contributed by atoms with Crippen LogP contribution in [0.5, 0.6) is 0 Å². The topological polar surface area (TPSA) is 24.9 Å². The molecule has 0 bridgehead atoms. The number of hydrogen-bond acceptors (Lipinski definition) is 2. The van der Waals surface area contributed by atoms with Gasteiger partial charge in [0.2, 0.25) is 0 Å². The molecule has 2 heteroatoms. The predicted molar refractivity (Wildman–Crippen MR) is 81.3 cm³/mol. The summed E-state index contributed by atoms with van der Waals surface area (Å²) in [5.41, 5.74) is 2.75. The smallest absolute Gasteiger partial charge is 0.0703 e. The molecule has 2 unspecified atom stereocenters. The fourth-order valence-electron chi connectivity index (χ4n) is 3.47. The number of pyridine rings is 1. The Morgan fingerprint density at radius 3 is 2.79 bits per heavy atom. The highest BCUT2D eigenvalue weighted by Crippen LogP contribution is 2.42. The van der Waals surface area contributed by atoms with Crippen LogP contribution in [0.1, 0.15) is 33.6 Å². The molecule has 0 radical (unpaired) electrons. The number of hydrogen-bond donors (Lipinski definition) is 1. The maximum absolute atomic E-state index is 4.36. The molecule has 1 aliphatic rings. The number of anilines is 1. The van der Waals surface area contributed by atoms with Crippen LogP contribution in [0, 0.1) is 11.3 Å². The monoisotopic (exact) mass is 254 g/mol. The van der Waals surface area contributed by atoms with Crippen molar-refractivity contribution in [3.63, 3.8) is 0 Å². The molecule has 2 nitrogen and oxygen atoms in total. The average Bonchev–Trinajstić information content (AvgIpc) is 2.62. The van der Waals surface area contributed by atoms with Gasteiger partial charge in [0.25, 0.3) is 0 Å². The van der Waals surface area contributed by atoms with Gasteiger partial charge < -0.3 is 5.32 Å². The van der Waals surface area contributed by atoms with Crippen LogP contribution in [-0.4, -0.2) is 11.0 Å². The van der Waals surface area contributed by atoms with Gasteiger partial charge in [-0.3, -0.25) is 4.98 Å². The van der Waals surface area contributed by atoms with E-state index in [0.717, 1.165) is 11.4 Å². The normalized spacial score (nSPS) is 25.6. The van der Waals surface area contributed by atoms with E-state index in [0.29, 0.717) is 11.5 Å². The first-order chi connectivity index (χ1) is 9.03. The van der Waals surface area contributed by atoms with E-state index < -0.39 is 0 Å². The zero-order chi connectivity index (χ0) is 13.5. The van der Waals surface area contributed by atoms with E-state index in [9.17, 15) is 0 Å². The van der Waals surface area contributed by atoms with Crippen LogP contribution in [0.3, 0.4) is 0 Å². The summed E-state index contributed by atoms with van der Waals surface area (Å²) in [5, 5.41) is 4.92. The van der Waals surface area contributed by atoms with Crippen molar-refractivity contribution < 1.29 is 0 Å². The Labute approximate surface area is 115 Å². The number of nitrogens with zero attached hydrogens (tertiary/aromatic N) is 1. The molecule has 2 aromatic rings. The van der Waals surface area contributed by atoms with Crippen LogP contribution >= 0.6 is 0 Å². The summed E-state index contributed by atoms with van der Waals surface area (Å²) in [6.07, 6.45) is 4.40.